The summed E-state index contributed by atoms with van der Waals surface area (Å²) >= 11 is 1.42. The summed E-state index contributed by atoms with van der Waals surface area (Å²) in [7, 11) is 0. The average molecular weight is 401 g/mol. The number of nitrogens with two attached hydrogens (primary N) is 1. The van der Waals surface area contributed by atoms with Gasteiger partial charge in [-0.1, -0.05) is 11.3 Å². The van der Waals surface area contributed by atoms with E-state index in [1.54, 1.807) is 18.2 Å². The fraction of sp³-hybridized carbons (Fsp3) is 0.444. The number of carbonyl (C=O) groups excluding carboxylic acids is 2. The van der Waals surface area contributed by atoms with Crippen LogP contribution >= 0.6 is 11.3 Å². The van der Waals surface area contributed by atoms with Crippen LogP contribution in [0.1, 0.15) is 36.5 Å². The van der Waals surface area contributed by atoms with Crippen molar-refractivity contribution in [3.63, 3.8) is 0 Å². The van der Waals surface area contributed by atoms with Crippen LogP contribution < -0.4 is 27.2 Å². The molecule has 4 rings (SSSR count). The van der Waals surface area contributed by atoms with Crippen LogP contribution in [-0.2, 0) is 4.79 Å². The maximum atomic E-state index is 11.6. The number of hydrazine groups is 1. The number of benzene rings is 1. The first-order valence-corrected chi connectivity index (χ1v) is 10.1. The van der Waals surface area contributed by atoms with Crippen LogP contribution in [0, 0.1) is 5.92 Å². The molecule has 1 aromatic heterocycles. The summed E-state index contributed by atoms with van der Waals surface area (Å²) in [6.07, 6.45) is 3.29. The van der Waals surface area contributed by atoms with Crippen molar-refractivity contribution in [2.75, 3.05) is 17.2 Å². The molecule has 0 radical (unpaired) electrons. The molecule has 0 spiro atoms. The van der Waals surface area contributed by atoms with Crippen LogP contribution in [0.4, 0.5) is 10.8 Å². The summed E-state index contributed by atoms with van der Waals surface area (Å²) in [5, 5.41) is 16.1. The van der Waals surface area contributed by atoms with Crippen molar-refractivity contribution in [1.29, 1.82) is 0 Å². The van der Waals surface area contributed by atoms with Crippen LogP contribution in [0.2, 0.25) is 0 Å². The number of amides is 2. The molecule has 2 amide bonds. The molecule has 1 aliphatic heterocycles. The molecule has 2 fully saturated rings. The molecule has 1 aliphatic carbocycles. The molecule has 148 valence electrons. The first-order valence-electron chi connectivity index (χ1n) is 9.29. The van der Waals surface area contributed by atoms with Gasteiger partial charge in [-0.15, -0.1) is 10.2 Å². The summed E-state index contributed by atoms with van der Waals surface area (Å²) in [5.41, 5.74) is 13.5. The third-order valence-corrected chi connectivity index (χ3v) is 6.08. The van der Waals surface area contributed by atoms with E-state index in [1.165, 1.54) is 18.3 Å². The molecular weight excluding hydrogens is 378 g/mol. The second-order valence-electron chi connectivity index (χ2n) is 7.30. The van der Waals surface area contributed by atoms with Gasteiger partial charge in [-0.2, -0.15) is 0 Å². The molecule has 9 nitrogen and oxygen atoms in total. The summed E-state index contributed by atoms with van der Waals surface area (Å²) < 4.78 is 0. The Kier molecular flexibility index (Phi) is 5.25. The number of anilines is 2. The summed E-state index contributed by atoms with van der Waals surface area (Å²) in [6.45, 7) is 2.41. The zero-order valence-electron chi connectivity index (χ0n) is 15.5. The predicted octanol–water partition coefficient (Wildman–Crippen LogP) is 1.32. The van der Waals surface area contributed by atoms with Crippen molar-refractivity contribution < 1.29 is 9.59 Å². The SMILES string of the molecule is CC(=O)Nc1cc(C(N)=O)cc(-c2nnc(NC3CCC4NNCC4C3)s2)c1. The second-order valence-corrected chi connectivity index (χ2v) is 8.28. The second kappa shape index (κ2) is 7.82. The summed E-state index contributed by atoms with van der Waals surface area (Å²) in [6, 6.07) is 5.91. The van der Waals surface area contributed by atoms with Gasteiger partial charge in [0.25, 0.3) is 0 Å². The molecule has 0 bridgehead atoms. The number of primary amides is 1. The van der Waals surface area contributed by atoms with Crippen molar-refractivity contribution in [3.8, 4) is 10.6 Å². The number of nitrogens with one attached hydrogen (secondary N) is 4. The van der Waals surface area contributed by atoms with E-state index in [1.807, 2.05) is 0 Å². The average Bonchev–Trinajstić information content (AvgIpc) is 3.29. The molecule has 2 aromatic rings. The van der Waals surface area contributed by atoms with Gasteiger partial charge in [0, 0.05) is 42.4 Å². The molecule has 3 atom stereocenters. The number of nitrogens with zero attached hydrogens (tertiary/aromatic N) is 2. The third-order valence-electron chi connectivity index (χ3n) is 5.17. The number of rotatable bonds is 5. The molecule has 3 unspecified atom stereocenters. The molecular formula is C18H23N7O2S. The van der Waals surface area contributed by atoms with Crippen molar-refractivity contribution in [1.82, 2.24) is 21.0 Å². The van der Waals surface area contributed by atoms with Gasteiger partial charge in [0.05, 0.1) is 0 Å². The highest BCUT2D eigenvalue weighted by Gasteiger charge is 2.34. The minimum absolute atomic E-state index is 0.223. The zero-order valence-corrected chi connectivity index (χ0v) is 16.3. The van der Waals surface area contributed by atoms with Crippen LogP contribution in [0.5, 0.6) is 0 Å². The topological polar surface area (TPSA) is 134 Å². The quantitative estimate of drug-likeness (QED) is 0.510. The lowest BCUT2D eigenvalue weighted by Gasteiger charge is -2.30. The molecule has 28 heavy (non-hydrogen) atoms. The van der Waals surface area contributed by atoms with Crippen LogP contribution in [0.15, 0.2) is 18.2 Å². The highest BCUT2D eigenvalue weighted by Crippen LogP contribution is 2.33. The molecule has 1 saturated heterocycles. The Morgan fingerprint density at radius 1 is 1.25 bits per heavy atom. The number of carbonyl (C=O) groups is 2. The highest BCUT2D eigenvalue weighted by atomic mass is 32.1. The number of hydrogen-bond donors (Lipinski definition) is 5. The molecule has 1 aromatic carbocycles. The first kappa shape index (κ1) is 18.8. The Balaban J connectivity index is 1.51. The lowest BCUT2D eigenvalue weighted by atomic mass is 9.83. The number of hydrogen-bond acceptors (Lipinski definition) is 8. The minimum Gasteiger partial charge on any atom is -0.366 e. The number of fused-ring (bicyclic) bond motifs is 1. The fourth-order valence-electron chi connectivity index (χ4n) is 3.87. The smallest absolute Gasteiger partial charge is 0.248 e. The largest absolute Gasteiger partial charge is 0.366 e. The molecule has 10 heteroatoms. The van der Waals surface area contributed by atoms with Gasteiger partial charge >= 0.3 is 0 Å². The van der Waals surface area contributed by atoms with E-state index in [4.69, 9.17) is 5.73 Å². The van der Waals surface area contributed by atoms with E-state index in [2.05, 4.69) is 31.7 Å². The van der Waals surface area contributed by atoms with E-state index < -0.39 is 5.91 Å². The van der Waals surface area contributed by atoms with Crippen LogP contribution in [-0.4, -0.2) is 40.6 Å². The summed E-state index contributed by atoms with van der Waals surface area (Å²) in [5.74, 6) is -0.156. The van der Waals surface area contributed by atoms with Crippen molar-refractivity contribution in [2.45, 2.75) is 38.3 Å². The lowest BCUT2D eigenvalue weighted by Crippen LogP contribution is -2.39. The molecule has 2 aliphatic rings. The van der Waals surface area contributed by atoms with Gasteiger partial charge in [0.2, 0.25) is 16.9 Å². The van der Waals surface area contributed by atoms with Crippen LogP contribution in [0.3, 0.4) is 0 Å². The maximum Gasteiger partial charge on any atom is 0.248 e. The molecule has 1 saturated carbocycles. The highest BCUT2D eigenvalue weighted by molar-refractivity contribution is 7.18. The Bertz CT molecular complexity index is 900. The maximum absolute atomic E-state index is 11.6. The minimum atomic E-state index is -0.563. The Morgan fingerprint density at radius 2 is 2.11 bits per heavy atom. The van der Waals surface area contributed by atoms with Crippen molar-refractivity contribution >= 4 is 34.0 Å². The van der Waals surface area contributed by atoms with Gasteiger partial charge in [-0.25, -0.2) is 0 Å². The summed E-state index contributed by atoms with van der Waals surface area (Å²) in [4.78, 5) is 23.0. The normalized spacial score (nSPS) is 23.8. The van der Waals surface area contributed by atoms with E-state index in [0.29, 0.717) is 39.8 Å². The van der Waals surface area contributed by atoms with Gasteiger partial charge in [0.1, 0.15) is 5.01 Å². The Labute approximate surface area is 166 Å². The monoisotopic (exact) mass is 401 g/mol. The van der Waals surface area contributed by atoms with E-state index in [-0.39, 0.29) is 5.91 Å². The van der Waals surface area contributed by atoms with Gasteiger partial charge in [-0.05, 0) is 43.4 Å². The number of aromatic nitrogens is 2. The van der Waals surface area contributed by atoms with E-state index in [9.17, 15) is 9.59 Å². The predicted molar refractivity (Wildman–Crippen MR) is 108 cm³/mol. The van der Waals surface area contributed by atoms with E-state index >= 15 is 0 Å². The zero-order chi connectivity index (χ0) is 19.7. The molecule has 2 heterocycles. The third kappa shape index (κ3) is 4.13. The van der Waals surface area contributed by atoms with Gasteiger partial charge < -0.3 is 16.4 Å². The van der Waals surface area contributed by atoms with Crippen molar-refractivity contribution in [3.05, 3.63) is 23.8 Å². The first-order chi connectivity index (χ1) is 13.5. The standard InChI is InChI=1S/C18H23N7O2S/c1-9(26)21-14-5-10(16(19)27)4-11(6-14)17-24-25-18(28-17)22-13-2-3-15-12(7-13)8-20-23-15/h4-6,12-13,15,20,23H,2-3,7-8H2,1H3,(H2,19,27)(H,21,26)(H,22,25). The fourth-order valence-corrected chi connectivity index (χ4v) is 4.68. The lowest BCUT2D eigenvalue weighted by molar-refractivity contribution is -0.114. The van der Waals surface area contributed by atoms with Crippen molar-refractivity contribution in [2.24, 2.45) is 11.7 Å². The van der Waals surface area contributed by atoms with Gasteiger partial charge in [-0.3, -0.25) is 20.4 Å². The van der Waals surface area contributed by atoms with Gasteiger partial charge in [0.15, 0.2) is 0 Å². The van der Waals surface area contributed by atoms with E-state index in [0.717, 1.165) is 30.9 Å². The Morgan fingerprint density at radius 3 is 2.89 bits per heavy atom. The van der Waals surface area contributed by atoms with Crippen LogP contribution in [0.25, 0.3) is 10.6 Å². The molecule has 6 N–H and O–H groups in total. The Hall–Kier alpha value is -2.56.